The number of piperidine rings is 1. The van der Waals surface area contributed by atoms with Crippen molar-refractivity contribution in [3.05, 3.63) is 55.1 Å². The van der Waals surface area contributed by atoms with Gasteiger partial charge in [-0.15, -0.1) is 0 Å². The van der Waals surface area contributed by atoms with Gasteiger partial charge in [0, 0.05) is 24.3 Å². The molecule has 1 aliphatic rings. The van der Waals surface area contributed by atoms with E-state index in [-0.39, 0.29) is 17.9 Å². The van der Waals surface area contributed by atoms with E-state index in [0.29, 0.717) is 24.3 Å². The lowest BCUT2D eigenvalue weighted by Gasteiger charge is -2.32. The number of hydrogen-bond acceptors (Lipinski definition) is 4. The van der Waals surface area contributed by atoms with Crippen molar-refractivity contribution in [3.8, 4) is 0 Å². The van der Waals surface area contributed by atoms with Crippen molar-refractivity contribution < 1.29 is 9.59 Å². The smallest absolute Gasteiger partial charge is 0.253 e. The third kappa shape index (κ3) is 3.51. The number of rotatable bonds is 4. The summed E-state index contributed by atoms with van der Waals surface area (Å²) in [6.45, 7) is 4.76. The van der Waals surface area contributed by atoms with Crippen molar-refractivity contribution in [1.82, 2.24) is 19.7 Å². The predicted octanol–water partition coefficient (Wildman–Crippen LogP) is 1.88. The number of carbonyl (C=O) groups is 2. The molecule has 3 rings (SSSR count). The monoisotopic (exact) mass is 325 g/mol. The molecule has 1 N–H and O–H groups in total. The molecule has 2 heterocycles. The fraction of sp³-hybridized carbons (Fsp3) is 0.294. The minimum absolute atomic E-state index is 0.0262. The molecule has 1 saturated heterocycles. The lowest BCUT2D eigenvalue weighted by atomic mass is 10.0. The summed E-state index contributed by atoms with van der Waals surface area (Å²) in [6, 6.07) is 7.24. The molecule has 2 aromatic rings. The molecular weight excluding hydrogens is 306 g/mol. The molecule has 124 valence electrons. The highest BCUT2D eigenvalue weighted by atomic mass is 16.2. The van der Waals surface area contributed by atoms with Gasteiger partial charge in [0.15, 0.2) is 0 Å². The molecule has 1 aromatic heterocycles. The first-order valence-electron chi connectivity index (χ1n) is 7.84. The molecule has 0 saturated carbocycles. The van der Waals surface area contributed by atoms with E-state index in [1.165, 1.54) is 12.4 Å². The van der Waals surface area contributed by atoms with E-state index in [2.05, 4.69) is 22.0 Å². The van der Waals surface area contributed by atoms with Crippen LogP contribution in [0.3, 0.4) is 0 Å². The average molecular weight is 325 g/mol. The number of likely N-dealkylation sites (tertiary alicyclic amines) is 1. The summed E-state index contributed by atoms with van der Waals surface area (Å²) in [7, 11) is 0. The van der Waals surface area contributed by atoms with Gasteiger partial charge in [-0.2, -0.15) is 5.10 Å². The largest absolute Gasteiger partial charge is 0.338 e. The molecule has 0 unspecified atom stereocenters. The summed E-state index contributed by atoms with van der Waals surface area (Å²) in [5, 5.41) is 6.84. The SMILES string of the molecule is C=CC(=O)Nc1cccc(C(=O)N2CCC(n3cncn3)CC2)c1. The summed E-state index contributed by atoms with van der Waals surface area (Å²) in [5.74, 6) is -0.324. The van der Waals surface area contributed by atoms with Crippen molar-refractivity contribution in [3.63, 3.8) is 0 Å². The minimum atomic E-state index is -0.298. The third-order valence-corrected chi connectivity index (χ3v) is 4.12. The van der Waals surface area contributed by atoms with E-state index < -0.39 is 0 Å². The Morgan fingerprint density at radius 1 is 1.29 bits per heavy atom. The number of amides is 2. The van der Waals surface area contributed by atoms with E-state index in [4.69, 9.17) is 0 Å². The van der Waals surface area contributed by atoms with Gasteiger partial charge in [-0.3, -0.25) is 9.59 Å². The Hall–Kier alpha value is -2.96. The van der Waals surface area contributed by atoms with Gasteiger partial charge >= 0.3 is 0 Å². The molecule has 1 aromatic carbocycles. The number of anilines is 1. The maximum atomic E-state index is 12.7. The second-order valence-corrected chi connectivity index (χ2v) is 5.67. The van der Waals surface area contributed by atoms with Gasteiger partial charge in [-0.05, 0) is 37.1 Å². The summed E-state index contributed by atoms with van der Waals surface area (Å²) in [4.78, 5) is 29.8. The van der Waals surface area contributed by atoms with Crippen LogP contribution in [0.2, 0.25) is 0 Å². The molecule has 0 atom stereocenters. The highest BCUT2D eigenvalue weighted by molar-refractivity contribution is 6.00. The first-order valence-corrected chi connectivity index (χ1v) is 7.84. The lowest BCUT2D eigenvalue weighted by molar-refractivity contribution is -0.111. The fourth-order valence-corrected chi connectivity index (χ4v) is 2.85. The molecule has 24 heavy (non-hydrogen) atoms. The number of hydrogen-bond donors (Lipinski definition) is 1. The Kier molecular flexibility index (Phi) is 4.69. The van der Waals surface area contributed by atoms with Crippen molar-refractivity contribution in [1.29, 1.82) is 0 Å². The normalized spacial score (nSPS) is 15.1. The molecule has 1 fully saturated rings. The maximum Gasteiger partial charge on any atom is 0.253 e. The van der Waals surface area contributed by atoms with Gasteiger partial charge < -0.3 is 10.2 Å². The average Bonchev–Trinajstić information content (AvgIpc) is 3.16. The Labute approximate surface area is 140 Å². The Morgan fingerprint density at radius 3 is 2.75 bits per heavy atom. The van der Waals surface area contributed by atoms with E-state index in [0.717, 1.165) is 12.8 Å². The van der Waals surface area contributed by atoms with Crippen LogP contribution >= 0.6 is 0 Å². The van der Waals surface area contributed by atoms with Crippen LogP contribution in [-0.2, 0) is 4.79 Å². The van der Waals surface area contributed by atoms with Gasteiger partial charge in [0.2, 0.25) is 5.91 Å². The highest BCUT2D eigenvalue weighted by Crippen LogP contribution is 2.23. The fourth-order valence-electron chi connectivity index (χ4n) is 2.85. The predicted molar refractivity (Wildman–Crippen MR) is 89.5 cm³/mol. The van der Waals surface area contributed by atoms with Crippen LogP contribution < -0.4 is 5.32 Å². The lowest BCUT2D eigenvalue weighted by Crippen LogP contribution is -2.39. The number of nitrogens with one attached hydrogen (secondary N) is 1. The number of aromatic nitrogens is 3. The molecule has 0 radical (unpaired) electrons. The molecule has 0 spiro atoms. The second kappa shape index (κ2) is 7.08. The molecule has 2 amide bonds. The van der Waals surface area contributed by atoms with Crippen LogP contribution in [0.25, 0.3) is 0 Å². The van der Waals surface area contributed by atoms with Crippen LogP contribution in [0, 0.1) is 0 Å². The third-order valence-electron chi connectivity index (χ3n) is 4.12. The van der Waals surface area contributed by atoms with Crippen LogP contribution in [0.5, 0.6) is 0 Å². The van der Waals surface area contributed by atoms with Gasteiger partial charge in [-0.25, -0.2) is 9.67 Å². The Bertz CT molecular complexity index is 733. The van der Waals surface area contributed by atoms with E-state index in [9.17, 15) is 9.59 Å². The molecule has 0 bridgehead atoms. The molecular formula is C17H19N5O2. The van der Waals surface area contributed by atoms with Crippen molar-refractivity contribution in [2.24, 2.45) is 0 Å². The van der Waals surface area contributed by atoms with E-state index in [1.807, 2.05) is 9.58 Å². The standard InChI is InChI=1S/C17H19N5O2/c1-2-16(23)20-14-5-3-4-13(10-14)17(24)21-8-6-15(7-9-21)22-12-18-11-19-22/h2-5,10-12,15H,1,6-9H2,(H,20,23). The van der Waals surface area contributed by atoms with Crippen molar-refractivity contribution in [2.45, 2.75) is 18.9 Å². The Morgan fingerprint density at radius 2 is 2.08 bits per heavy atom. The first kappa shape index (κ1) is 15.9. The zero-order chi connectivity index (χ0) is 16.9. The summed E-state index contributed by atoms with van der Waals surface area (Å²) in [6.07, 6.45) is 6.14. The van der Waals surface area contributed by atoms with Crippen LogP contribution in [0.15, 0.2) is 49.6 Å². The number of carbonyl (C=O) groups excluding carboxylic acids is 2. The van der Waals surface area contributed by atoms with Crippen LogP contribution in [0.1, 0.15) is 29.2 Å². The maximum absolute atomic E-state index is 12.7. The molecule has 1 aliphatic heterocycles. The molecule has 0 aliphatic carbocycles. The quantitative estimate of drug-likeness (QED) is 0.870. The zero-order valence-electron chi connectivity index (χ0n) is 13.3. The molecule has 7 nitrogen and oxygen atoms in total. The van der Waals surface area contributed by atoms with E-state index in [1.54, 1.807) is 30.6 Å². The number of nitrogens with zero attached hydrogens (tertiary/aromatic N) is 4. The van der Waals surface area contributed by atoms with E-state index >= 15 is 0 Å². The zero-order valence-corrected chi connectivity index (χ0v) is 13.3. The topological polar surface area (TPSA) is 80.1 Å². The molecule has 7 heteroatoms. The highest BCUT2D eigenvalue weighted by Gasteiger charge is 2.25. The van der Waals surface area contributed by atoms with Crippen molar-refractivity contribution >= 4 is 17.5 Å². The first-order chi connectivity index (χ1) is 11.7. The van der Waals surface area contributed by atoms with Gasteiger partial charge in [0.25, 0.3) is 5.91 Å². The minimum Gasteiger partial charge on any atom is -0.338 e. The van der Waals surface area contributed by atoms with Gasteiger partial charge in [0.05, 0.1) is 6.04 Å². The Balaban J connectivity index is 1.64. The number of benzene rings is 1. The second-order valence-electron chi connectivity index (χ2n) is 5.67. The summed E-state index contributed by atoms with van der Waals surface area (Å²) >= 11 is 0. The van der Waals surface area contributed by atoms with Crippen LogP contribution in [-0.4, -0.2) is 44.6 Å². The van der Waals surface area contributed by atoms with Crippen LogP contribution in [0.4, 0.5) is 5.69 Å². The van der Waals surface area contributed by atoms with Gasteiger partial charge in [0.1, 0.15) is 12.7 Å². The van der Waals surface area contributed by atoms with Gasteiger partial charge in [-0.1, -0.05) is 12.6 Å². The van der Waals surface area contributed by atoms with Crippen molar-refractivity contribution in [2.75, 3.05) is 18.4 Å². The summed E-state index contributed by atoms with van der Waals surface area (Å²) < 4.78 is 1.85. The summed E-state index contributed by atoms with van der Waals surface area (Å²) in [5.41, 5.74) is 1.15.